The molecule has 1 aliphatic heterocycles. The Kier molecular flexibility index (Phi) is 6.54. The summed E-state index contributed by atoms with van der Waals surface area (Å²) < 4.78 is 0. The Bertz CT molecular complexity index is 558. The van der Waals surface area contributed by atoms with Crippen molar-refractivity contribution in [1.29, 1.82) is 0 Å². The van der Waals surface area contributed by atoms with E-state index in [9.17, 15) is 0 Å². The van der Waals surface area contributed by atoms with Crippen LogP contribution in [0.3, 0.4) is 0 Å². The van der Waals surface area contributed by atoms with Crippen LogP contribution in [0.2, 0.25) is 0 Å². The second-order valence-electron chi connectivity index (χ2n) is 6.20. The maximum atomic E-state index is 4.31. The van der Waals surface area contributed by atoms with Gasteiger partial charge in [-0.2, -0.15) is 0 Å². The highest BCUT2D eigenvalue weighted by Gasteiger charge is 2.23. The van der Waals surface area contributed by atoms with Gasteiger partial charge in [0.05, 0.1) is 0 Å². The van der Waals surface area contributed by atoms with Gasteiger partial charge in [0.25, 0.3) is 0 Å². The van der Waals surface area contributed by atoms with Gasteiger partial charge in [0.15, 0.2) is 0 Å². The lowest BCUT2D eigenvalue weighted by molar-refractivity contribution is 0.146. The van der Waals surface area contributed by atoms with Crippen LogP contribution < -0.4 is 0 Å². The first kappa shape index (κ1) is 16.5. The summed E-state index contributed by atoms with van der Waals surface area (Å²) in [5, 5.41) is 0. The Morgan fingerprint density at radius 2 is 1.96 bits per heavy atom. The molecule has 0 radical (unpaired) electrons. The lowest BCUT2D eigenvalue weighted by Gasteiger charge is -2.35. The highest BCUT2D eigenvalue weighted by Crippen LogP contribution is 2.30. The van der Waals surface area contributed by atoms with E-state index in [0.717, 1.165) is 0 Å². The van der Waals surface area contributed by atoms with E-state index in [1.54, 1.807) is 0 Å². The zero-order chi connectivity index (χ0) is 15.7. The smallest absolute Gasteiger partial charge is 0.0363 e. The molecule has 0 amide bonds. The van der Waals surface area contributed by atoms with Gasteiger partial charge in [-0.3, -0.25) is 9.88 Å². The predicted molar refractivity (Wildman–Crippen MR) is 98.8 cm³/mol. The monoisotopic (exact) mass is 326 g/mol. The molecule has 122 valence electrons. The number of rotatable bonds is 7. The molecular formula is C20H26N2S. The van der Waals surface area contributed by atoms with Crippen molar-refractivity contribution in [3.8, 4) is 0 Å². The van der Waals surface area contributed by atoms with Gasteiger partial charge in [-0.15, -0.1) is 11.8 Å². The fourth-order valence-electron chi connectivity index (χ4n) is 3.33. The molecule has 1 saturated heterocycles. The highest BCUT2D eigenvalue weighted by molar-refractivity contribution is 7.99. The summed E-state index contributed by atoms with van der Waals surface area (Å²) in [5.41, 5.74) is 1.39. The topological polar surface area (TPSA) is 16.1 Å². The second-order valence-corrected chi connectivity index (χ2v) is 7.37. The minimum Gasteiger partial charge on any atom is -0.296 e. The third-order valence-corrected chi connectivity index (χ3v) is 5.63. The Balaban J connectivity index is 1.43. The quantitative estimate of drug-likeness (QED) is 0.515. The third-order valence-electron chi connectivity index (χ3n) is 4.53. The van der Waals surface area contributed by atoms with Crippen LogP contribution in [-0.4, -0.2) is 28.7 Å². The summed E-state index contributed by atoms with van der Waals surface area (Å²) in [4.78, 5) is 8.37. The molecule has 1 aliphatic rings. The van der Waals surface area contributed by atoms with E-state index >= 15 is 0 Å². The van der Waals surface area contributed by atoms with Crippen molar-refractivity contribution in [2.45, 2.75) is 43.0 Å². The third kappa shape index (κ3) is 5.08. The van der Waals surface area contributed by atoms with Crippen LogP contribution in [0.25, 0.3) is 0 Å². The summed E-state index contributed by atoms with van der Waals surface area (Å²) in [5.74, 6) is 1.22. The molecule has 3 heteroatoms. The van der Waals surface area contributed by atoms with E-state index in [4.69, 9.17) is 0 Å². The van der Waals surface area contributed by atoms with E-state index in [2.05, 4.69) is 52.3 Å². The molecule has 2 nitrogen and oxygen atoms in total. The molecular weight excluding hydrogens is 300 g/mol. The van der Waals surface area contributed by atoms with E-state index in [1.807, 2.05) is 24.2 Å². The van der Waals surface area contributed by atoms with Crippen LogP contribution in [0.5, 0.6) is 0 Å². The van der Waals surface area contributed by atoms with Gasteiger partial charge in [-0.25, -0.2) is 0 Å². The van der Waals surface area contributed by atoms with Crippen molar-refractivity contribution in [2.24, 2.45) is 0 Å². The number of hydrogen-bond donors (Lipinski definition) is 0. The highest BCUT2D eigenvalue weighted by atomic mass is 32.2. The van der Waals surface area contributed by atoms with E-state index in [0.29, 0.717) is 6.04 Å². The van der Waals surface area contributed by atoms with Gasteiger partial charge in [-0.1, -0.05) is 30.7 Å². The van der Waals surface area contributed by atoms with Gasteiger partial charge < -0.3 is 0 Å². The summed E-state index contributed by atoms with van der Waals surface area (Å²) in [6, 6.07) is 15.6. The first-order valence-electron chi connectivity index (χ1n) is 8.75. The van der Waals surface area contributed by atoms with Crippen LogP contribution in [-0.2, 0) is 0 Å². The largest absolute Gasteiger partial charge is 0.296 e. The molecule has 1 fully saturated rings. The van der Waals surface area contributed by atoms with Crippen molar-refractivity contribution in [1.82, 2.24) is 9.88 Å². The van der Waals surface area contributed by atoms with E-state index in [1.165, 1.54) is 61.4 Å². The predicted octanol–water partition coefficient (Wildman–Crippen LogP) is 5.18. The Hall–Kier alpha value is -1.32. The van der Waals surface area contributed by atoms with Crippen LogP contribution in [0.4, 0.5) is 0 Å². The van der Waals surface area contributed by atoms with E-state index in [-0.39, 0.29) is 0 Å². The summed E-state index contributed by atoms with van der Waals surface area (Å²) in [6.45, 7) is 2.46. The maximum Gasteiger partial charge on any atom is 0.0363 e. The Morgan fingerprint density at radius 3 is 2.78 bits per heavy atom. The van der Waals surface area contributed by atoms with Crippen molar-refractivity contribution in [3.63, 3.8) is 0 Å². The normalized spacial score (nSPS) is 18.9. The molecule has 0 unspecified atom stereocenters. The molecule has 1 aromatic heterocycles. The van der Waals surface area contributed by atoms with Crippen molar-refractivity contribution in [2.75, 3.05) is 18.8 Å². The average molecular weight is 327 g/mol. The first-order valence-corrected chi connectivity index (χ1v) is 9.74. The zero-order valence-corrected chi connectivity index (χ0v) is 14.5. The summed E-state index contributed by atoms with van der Waals surface area (Å²) in [7, 11) is 0. The molecule has 1 atom stereocenters. The number of benzene rings is 1. The Morgan fingerprint density at radius 1 is 1.04 bits per heavy atom. The zero-order valence-electron chi connectivity index (χ0n) is 13.7. The first-order chi connectivity index (χ1) is 11.4. The van der Waals surface area contributed by atoms with Crippen molar-refractivity contribution < 1.29 is 0 Å². The van der Waals surface area contributed by atoms with Gasteiger partial charge in [-0.05, 0) is 68.3 Å². The maximum absolute atomic E-state index is 4.31. The summed E-state index contributed by atoms with van der Waals surface area (Å²) in [6.07, 6.45) is 10.5. The second kappa shape index (κ2) is 9.09. The molecule has 0 spiro atoms. The van der Waals surface area contributed by atoms with Crippen LogP contribution in [0, 0.1) is 0 Å². The number of nitrogens with zero attached hydrogens (tertiary/aromatic N) is 2. The average Bonchev–Trinajstić information content (AvgIpc) is 2.63. The van der Waals surface area contributed by atoms with Gasteiger partial charge in [0.2, 0.25) is 0 Å². The van der Waals surface area contributed by atoms with Crippen LogP contribution in [0.1, 0.15) is 43.7 Å². The van der Waals surface area contributed by atoms with Crippen molar-refractivity contribution >= 4 is 11.8 Å². The molecule has 0 bridgehead atoms. The molecule has 23 heavy (non-hydrogen) atoms. The molecule has 0 aliphatic carbocycles. The summed E-state index contributed by atoms with van der Waals surface area (Å²) >= 11 is 1.98. The number of thioether (sulfide) groups is 1. The van der Waals surface area contributed by atoms with Crippen LogP contribution in [0.15, 0.2) is 59.8 Å². The van der Waals surface area contributed by atoms with E-state index < -0.39 is 0 Å². The standard InChI is InChI=1S/C20H26N2S/c1-2-10-19(11-3-1)23-16-7-6-15-22-14-5-4-12-20(22)18-9-8-13-21-17-18/h1-3,8-11,13,17,20H,4-7,12,14-16H2/t20-/m1/s1. The SMILES string of the molecule is c1ccc(SCCCCN2CCCC[C@@H]2c2cccnc2)cc1. The molecule has 1 aromatic carbocycles. The lowest BCUT2D eigenvalue weighted by atomic mass is 9.96. The minimum atomic E-state index is 0.583. The number of pyridine rings is 1. The fraction of sp³-hybridized carbons (Fsp3) is 0.450. The Labute approximate surface area is 144 Å². The number of hydrogen-bond acceptors (Lipinski definition) is 3. The minimum absolute atomic E-state index is 0.583. The number of likely N-dealkylation sites (tertiary alicyclic amines) is 1. The molecule has 0 saturated carbocycles. The molecule has 2 aromatic rings. The van der Waals surface area contributed by atoms with Gasteiger partial charge in [0.1, 0.15) is 0 Å². The molecule has 3 rings (SSSR count). The lowest BCUT2D eigenvalue weighted by Crippen LogP contribution is -2.34. The number of unbranched alkanes of at least 4 members (excludes halogenated alkanes) is 1. The van der Waals surface area contributed by atoms with Gasteiger partial charge >= 0.3 is 0 Å². The number of aromatic nitrogens is 1. The number of piperidine rings is 1. The molecule has 2 heterocycles. The van der Waals surface area contributed by atoms with Crippen molar-refractivity contribution in [3.05, 3.63) is 60.4 Å². The van der Waals surface area contributed by atoms with Crippen LogP contribution >= 0.6 is 11.8 Å². The van der Waals surface area contributed by atoms with Gasteiger partial charge in [0, 0.05) is 23.3 Å². The molecule has 0 N–H and O–H groups in total. The fourth-order valence-corrected chi connectivity index (χ4v) is 4.27.